The third-order valence-electron chi connectivity index (χ3n) is 5.34. The lowest BCUT2D eigenvalue weighted by Crippen LogP contribution is -2.49. The van der Waals surface area contributed by atoms with Gasteiger partial charge in [-0.05, 0) is 57.5 Å². The molecule has 0 spiro atoms. The lowest BCUT2D eigenvalue weighted by molar-refractivity contribution is -0.152. The van der Waals surface area contributed by atoms with Crippen LogP contribution in [0, 0.1) is 23.7 Å². The molecule has 6 nitrogen and oxygen atoms in total. The Hall–Kier alpha value is -1.18. The Morgan fingerprint density at radius 2 is 1.68 bits per heavy atom. The van der Waals surface area contributed by atoms with Crippen molar-refractivity contribution in [1.82, 2.24) is 5.32 Å². The first-order valence-electron chi connectivity index (χ1n) is 9.38. The normalized spacial score (nSPS) is 28.1. The molecule has 3 rings (SSSR count). The van der Waals surface area contributed by atoms with E-state index in [4.69, 9.17) is 8.85 Å². The van der Waals surface area contributed by atoms with Gasteiger partial charge in [-0.1, -0.05) is 12.2 Å². The van der Waals surface area contributed by atoms with Gasteiger partial charge in [0.1, 0.15) is 0 Å². The first kappa shape index (κ1) is 20.1. The van der Waals surface area contributed by atoms with E-state index in [1.807, 2.05) is 32.5 Å². The molecule has 0 aromatic carbocycles. The summed E-state index contributed by atoms with van der Waals surface area (Å²) in [7, 11) is -2.16. The van der Waals surface area contributed by atoms with Crippen molar-refractivity contribution in [2.45, 2.75) is 45.7 Å². The average Bonchev–Trinajstić information content (AvgIpc) is 2.59. The Labute approximate surface area is 151 Å². The lowest BCUT2D eigenvalue weighted by atomic mass is 9.62. The third kappa shape index (κ3) is 4.92. The van der Waals surface area contributed by atoms with Gasteiger partial charge in [-0.2, -0.15) is 0 Å². The minimum absolute atomic E-state index is 0.00939. The minimum Gasteiger partial charge on any atom is -0.481 e. The molecule has 0 saturated heterocycles. The summed E-state index contributed by atoms with van der Waals surface area (Å²) in [5.74, 6) is -1.96. The van der Waals surface area contributed by atoms with Gasteiger partial charge in [-0.25, -0.2) is 0 Å². The van der Waals surface area contributed by atoms with E-state index in [9.17, 15) is 14.7 Å². The Balaban J connectivity index is 1.85. The first-order valence-corrected chi connectivity index (χ1v) is 11.9. The van der Waals surface area contributed by atoms with Crippen LogP contribution in [-0.4, -0.2) is 45.3 Å². The molecule has 1 amide bonds. The monoisotopic (exact) mass is 369 g/mol. The predicted molar refractivity (Wildman–Crippen MR) is 97.3 cm³/mol. The molecule has 0 aromatic heterocycles. The zero-order valence-electron chi connectivity index (χ0n) is 15.5. The SMILES string of the molecule is CCO[Si](C)(CCCNC(=O)C1C2C=CC(CC2)C1C(=O)O)OCC. The highest BCUT2D eigenvalue weighted by Gasteiger charge is 2.48. The highest BCUT2D eigenvalue weighted by atomic mass is 28.4. The quantitative estimate of drug-likeness (QED) is 0.351. The van der Waals surface area contributed by atoms with Crippen LogP contribution in [0.1, 0.15) is 33.1 Å². The number of amides is 1. The highest BCUT2D eigenvalue weighted by molar-refractivity contribution is 6.66. The topological polar surface area (TPSA) is 84.9 Å². The summed E-state index contributed by atoms with van der Waals surface area (Å²) in [4.78, 5) is 24.2. The van der Waals surface area contributed by atoms with Gasteiger partial charge in [0.05, 0.1) is 11.8 Å². The molecule has 2 N–H and O–H groups in total. The molecule has 0 heterocycles. The molecule has 2 bridgehead atoms. The van der Waals surface area contributed by atoms with Crippen LogP contribution in [0.2, 0.25) is 12.6 Å². The summed E-state index contributed by atoms with van der Waals surface area (Å²) in [6.07, 6.45) is 6.57. The van der Waals surface area contributed by atoms with Gasteiger partial charge in [-0.3, -0.25) is 9.59 Å². The van der Waals surface area contributed by atoms with Gasteiger partial charge in [0.25, 0.3) is 0 Å². The van der Waals surface area contributed by atoms with Crippen LogP contribution in [0.15, 0.2) is 12.2 Å². The van der Waals surface area contributed by atoms with Crippen molar-refractivity contribution in [3.8, 4) is 0 Å². The fourth-order valence-corrected chi connectivity index (χ4v) is 6.64. The van der Waals surface area contributed by atoms with E-state index < -0.39 is 26.4 Å². The minimum atomic E-state index is -2.16. The van der Waals surface area contributed by atoms with Gasteiger partial charge in [-0.15, -0.1) is 0 Å². The second kappa shape index (κ2) is 8.96. The Morgan fingerprint density at radius 1 is 1.12 bits per heavy atom. The van der Waals surface area contributed by atoms with Crippen molar-refractivity contribution in [3.05, 3.63) is 12.2 Å². The predicted octanol–water partition coefficient (Wildman–Crippen LogP) is 2.55. The van der Waals surface area contributed by atoms with Crippen LogP contribution in [-0.2, 0) is 18.4 Å². The molecule has 142 valence electrons. The molecule has 1 fully saturated rings. The van der Waals surface area contributed by atoms with E-state index in [0.717, 1.165) is 25.3 Å². The molecular weight excluding hydrogens is 338 g/mol. The second-order valence-corrected chi connectivity index (χ2v) is 10.4. The summed E-state index contributed by atoms with van der Waals surface area (Å²) in [5, 5.41) is 12.5. The number of hydrogen-bond acceptors (Lipinski definition) is 4. The average molecular weight is 370 g/mol. The highest BCUT2D eigenvalue weighted by Crippen LogP contribution is 2.45. The van der Waals surface area contributed by atoms with E-state index >= 15 is 0 Å². The molecule has 3 aliphatic rings. The van der Waals surface area contributed by atoms with Crippen LogP contribution in [0.5, 0.6) is 0 Å². The maximum Gasteiger partial charge on any atom is 0.334 e. The maximum absolute atomic E-state index is 12.6. The van der Waals surface area contributed by atoms with Crippen molar-refractivity contribution in [1.29, 1.82) is 0 Å². The van der Waals surface area contributed by atoms with Gasteiger partial charge >= 0.3 is 14.5 Å². The fourth-order valence-electron chi connectivity index (χ4n) is 4.22. The summed E-state index contributed by atoms with van der Waals surface area (Å²) in [6, 6.07) is 0.813. The number of allylic oxidation sites excluding steroid dienone is 2. The summed E-state index contributed by atoms with van der Waals surface area (Å²) in [5.41, 5.74) is 0. The Bertz CT molecular complexity index is 504. The van der Waals surface area contributed by atoms with E-state index in [-0.39, 0.29) is 17.7 Å². The van der Waals surface area contributed by atoms with Crippen LogP contribution < -0.4 is 5.32 Å². The van der Waals surface area contributed by atoms with E-state index in [1.165, 1.54) is 0 Å². The van der Waals surface area contributed by atoms with Crippen LogP contribution >= 0.6 is 0 Å². The summed E-state index contributed by atoms with van der Waals surface area (Å²) < 4.78 is 11.6. The molecule has 3 aliphatic carbocycles. The number of nitrogens with one attached hydrogen (secondary N) is 1. The molecule has 0 radical (unpaired) electrons. The van der Waals surface area contributed by atoms with E-state index in [1.54, 1.807) is 0 Å². The lowest BCUT2D eigenvalue weighted by Gasteiger charge is -2.41. The maximum atomic E-state index is 12.6. The number of carboxylic acids is 1. The standard InChI is InChI=1S/C18H31NO5Si/c1-4-23-25(3,24-5-2)12-6-11-19-17(20)15-13-7-9-14(10-8-13)16(15)18(21)22/h7,9,13-16H,4-6,8,10-12H2,1-3H3,(H,19,20)(H,21,22). The van der Waals surface area contributed by atoms with Crippen LogP contribution in [0.4, 0.5) is 0 Å². The molecule has 7 heteroatoms. The molecule has 25 heavy (non-hydrogen) atoms. The molecule has 0 aromatic rings. The first-order chi connectivity index (χ1) is 11.9. The van der Waals surface area contributed by atoms with Crippen molar-refractivity contribution >= 4 is 20.4 Å². The summed E-state index contributed by atoms with van der Waals surface area (Å²) in [6.45, 7) is 7.77. The number of carbonyl (C=O) groups is 2. The molecule has 1 saturated carbocycles. The molecule has 4 atom stereocenters. The summed E-state index contributed by atoms with van der Waals surface area (Å²) >= 11 is 0. The molecule has 4 unspecified atom stereocenters. The number of carbonyl (C=O) groups excluding carboxylic acids is 1. The Morgan fingerprint density at radius 3 is 2.16 bits per heavy atom. The van der Waals surface area contributed by atoms with Crippen molar-refractivity contribution in [2.24, 2.45) is 23.7 Å². The second-order valence-electron chi connectivity index (χ2n) is 7.07. The number of aliphatic carboxylic acids is 1. The third-order valence-corrected chi connectivity index (χ3v) is 8.40. The van der Waals surface area contributed by atoms with E-state index in [2.05, 4.69) is 5.32 Å². The Kier molecular flexibility index (Phi) is 7.21. The number of rotatable bonds is 10. The van der Waals surface area contributed by atoms with Crippen LogP contribution in [0.25, 0.3) is 0 Å². The molecule has 0 aliphatic heterocycles. The largest absolute Gasteiger partial charge is 0.481 e. The molecular formula is C18H31NO5Si. The van der Waals surface area contributed by atoms with Gasteiger partial charge in [0.2, 0.25) is 5.91 Å². The van der Waals surface area contributed by atoms with Crippen molar-refractivity contribution < 1.29 is 23.5 Å². The number of carboxylic acid groups (broad SMARTS) is 1. The zero-order valence-corrected chi connectivity index (χ0v) is 16.5. The van der Waals surface area contributed by atoms with Gasteiger partial charge in [0.15, 0.2) is 0 Å². The smallest absolute Gasteiger partial charge is 0.334 e. The zero-order chi connectivity index (χ0) is 18.4. The van der Waals surface area contributed by atoms with Crippen molar-refractivity contribution in [3.63, 3.8) is 0 Å². The van der Waals surface area contributed by atoms with Crippen LogP contribution in [0.3, 0.4) is 0 Å². The van der Waals surface area contributed by atoms with E-state index in [0.29, 0.717) is 19.8 Å². The number of hydrogen-bond donors (Lipinski definition) is 2. The van der Waals surface area contributed by atoms with Gasteiger partial charge in [0, 0.05) is 19.8 Å². The number of fused-ring (bicyclic) bond motifs is 2. The fraction of sp³-hybridized carbons (Fsp3) is 0.778. The van der Waals surface area contributed by atoms with Crippen molar-refractivity contribution in [2.75, 3.05) is 19.8 Å². The van der Waals surface area contributed by atoms with Gasteiger partial charge < -0.3 is 19.3 Å².